The monoisotopic (exact) mass is 337 g/mol. The first-order chi connectivity index (χ1) is 12.2. The fourth-order valence-corrected chi connectivity index (χ4v) is 3.67. The van der Waals surface area contributed by atoms with Gasteiger partial charge in [-0.25, -0.2) is 4.98 Å². The first kappa shape index (κ1) is 14.8. The zero-order valence-corrected chi connectivity index (χ0v) is 14.7. The predicted molar refractivity (Wildman–Crippen MR) is 98.0 cm³/mol. The maximum atomic E-state index is 6.05. The van der Waals surface area contributed by atoms with Crippen LogP contribution in [0.1, 0.15) is 25.0 Å². The first-order valence-corrected chi connectivity index (χ1v) is 9.10. The lowest BCUT2D eigenvalue weighted by Gasteiger charge is -2.09. The van der Waals surface area contributed by atoms with Crippen LogP contribution in [0.15, 0.2) is 18.3 Å². The Labute approximate surface area is 146 Å². The summed E-state index contributed by atoms with van der Waals surface area (Å²) in [4.78, 5) is 4.96. The summed E-state index contributed by atoms with van der Waals surface area (Å²) in [5.41, 5.74) is 5.31. The molecule has 0 amide bonds. The first-order valence-electron chi connectivity index (χ1n) is 9.10. The second-order valence-corrected chi connectivity index (χ2v) is 7.26. The van der Waals surface area contributed by atoms with Crippen LogP contribution in [0.25, 0.3) is 22.4 Å². The number of hydrogen-bond donors (Lipinski definition) is 1. The maximum Gasteiger partial charge on any atom is 0.147 e. The lowest BCUT2D eigenvalue weighted by molar-refractivity contribution is 0.316. The van der Waals surface area contributed by atoms with E-state index < -0.39 is 0 Å². The van der Waals surface area contributed by atoms with Crippen LogP contribution in [0, 0.1) is 12.8 Å². The molecule has 1 aromatic carbocycles. The second kappa shape index (κ2) is 5.51. The van der Waals surface area contributed by atoms with E-state index in [1.165, 1.54) is 12.8 Å². The second-order valence-electron chi connectivity index (χ2n) is 7.26. The minimum Gasteiger partial charge on any atom is -0.491 e. The van der Waals surface area contributed by atoms with Crippen LogP contribution in [-0.2, 0) is 13.6 Å². The average Bonchev–Trinajstić information content (AvgIpc) is 3.30. The molecule has 25 heavy (non-hydrogen) atoms. The van der Waals surface area contributed by atoms with Gasteiger partial charge in [-0.1, -0.05) is 0 Å². The molecule has 0 unspecified atom stereocenters. The SMILES string of the molecule is Cc1nn(C)cc1-c1nc2cc(NCC3CC3)cc3c2n1CCCO3. The van der Waals surface area contributed by atoms with Gasteiger partial charge in [0.2, 0.25) is 0 Å². The minimum absolute atomic E-state index is 0.744. The molecule has 3 aromatic rings. The molecule has 130 valence electrons. The van der Waals surface area contributed by atoms with E-state index in [0.29, 0.717) is 0 Å². The highest BCUT2D eigenvalue weighted by Gasteiger charge is 2.23. The molecule has 0 spiro atoms. The number of nitrogens with zero attached hydrogens (tertiary/aromatic N) is 4. The van der Waals surface area contributed by atoms with Crippen LogP contribution in [0.5, 0.6) is 5.75 Å². The lowest BCUT2D eigenvalue weighted by Crippen LogP contribution is -2.03. The molecule has 0 atom stereocenters. The third-order valence-corrected chi connectivity index (χ3v) is 5.14. The molecule has 1 aliphatic carbocycles. The van der Waals surface area contributed by atoms with Gasteiger partial charge in [-0.15, -0.1) is 0 Å². The summed E-state index contributed by atoms with van der Waals surface area (Å²) < 4.78 is 10.2. The van der Waals surface area contributed by atoms with E-state index in [1.54, 1.807) is 0 Å². The fourth-order valence-electron chi connectivity index (χ4n) is 3.67. The van der Waals surface area contributed by atoms with Crippen LogP contribution in [0.2, 0.25) is 0 Å². The quantitative estimate of drug-likeness (QED) is 0.793. The highest BCUT2D eigenvalue weighted by atomic mass is 16.5. The Hall–Kier alpha value is -2.50. The van der Waals surface area contributed by atoms with Gasteiger partial charge < -0.3 is 14.6 Å². The van der Waals surface area contributed by atoms with Gasteiger partial charge in [0.15, 0.2) is 0 Å². The third kappa shape index (κ3) is 2.56. The largest absolute Gasteiger partial charge is 0.491 e. The maximum absolute atomic E-state index is 6.05. The Kier molecular flexibility index (Phi) is 3.26. The van der Waals surface area contributed by atoms with Crippen molar-refractivity contribution in [2.75, 3.05) is 18.5 Å². The molecular weight excluding hydrogens is 314 g/mol. The molecule has 6 heteroatoms. The van der Waals surface area contributed by atoms with Crippen LogP contribution < -0.4 is 10.1 Å². The molecule has 5 rings (SSSR count). The normalized spacial score (nSPS) is 16.7. The topological polar surface area (TPSA) is 56.9 Å². The number of benzene rings is 1. The van der Waals surface area contributed by atoms with E-state index >= 15 is 0 Å². The zero-order chi connectivity index (χ0) is 17.0. The summed E-state index contributed by atoms with van der Waals surface area (Å²) in [5.74, 6) is 2.77. The predicted octanol–water partition coefficient (Wildman–Crippen LogP) is 3.35. The van der Waals surface area contributed by atoms with Crippen molar-refractivity contribution in [3.05, 3.63) is 24.0 Å². The minimum atomic E-state index is 0.744. The summed E-state index contributed by atoms with van der Waals surface area (Å²) in [6, 6.07) is 4.29. The van der Waals surface area contributed by atoms with Gasteiger partial charge in [0.05, 0.1) is 23.4 Å². The van der Waals surface area contributed by atoms with Gasteiger partial charge in [-0.05, 0) is 38.2 Å². The summed E-state index contributed by atoms with van der Waals surface area (Å²) in [5, 5.41) is 8.05. The molecule has 1 aliphatic heterocycles. The van der Waals surface area contributed by atoms with Crippen molar-refractivity contribution in [3.8, 4) is 17.1 Å². The highest BCUT2D eigenvalue weighted by molar-refractivity contribution is 5.89. The van der Waals surface area contributed by atoms with Gasteiger partial charge in [-0.3, -0.25) is 4.68 Å². The van der Waals surface area contributed by atoms with Gasteiger partial charge in [-0.2, -0.15) is 5.10 Å². The molecule has 0 saturated heterocycles. The zero-order valence-electron chi connectivity index (χ0n) is 14.7. The number of nitrogens with one attached hydrogen (secondary N) is 1. The van der Waals surface area contributed by atoms with Gasteiger partial charge >= 0.3 is 0 Å². The third-order valence-electron chi connectivity index (χ3n) is 5.14. The van der Waals surface area contributed by atoms with Crippen molar-refractivity contribution in [1.82, 2.24) is 19.3 Å². The molecular formula is C19H23N5O. The van der Waals surface area contributed by atoms with E-state index in [-0.39, 0.29) is 0 Å². The fraction of sp³-hybridized carbons (Fsp3) is 0.474. The van der Waals surface area contributed by atoms with Crippen molar-refractivity contribution in [2.45, 2.75) is 32.7 Å². The van der Waals surface area contributed by atoms with E-state index in [0.717, 1.165) is 71.6 Å². The number of ether oxygens (including phenoxy) is 1. The van der Waals surface area contributed by atoms with E-state index in [9.17, 15) is 0 Å². The van der Waals surface area contributed by atoms with Gasteiger partial charge in [0.1, 0.15) is 17.1 Å². The van der Waals surface area contributed by atoms with Crippen LogP contribution in [0.3, 0.4) is 0 Å². The van der Waals surface area contributed by atoms with E-state index in [4.69, 9.17) is 9.72 Å². The van der Waals surface area contributed by atoms with Crippen molar-refractivity contribution in [2.24, 2.45) is 13.0 Å². The van der Waals surface area contributed by atoms with Crippen molar-refractivity contribution >= 4 is 16.7 Å². The molecule has 1 N–H and O–H groups in total. The summed E-state index contributed by atoms with van der Waals surface area (Å²) in [6.45, 7) is 4.75. The number of anilines is 1. The number of imidazole rings is 1. The lowest BCUT2D eigenvalue weighted by atomic mass is 10.2. The molecule has 6 nitrogen and oxygen atoms in total. The van der Waals surface area contributed by atoms with E-state index in [1.807, 2.05) is 18.7 Å². The molecule has 0 bridgehead atoms. The van der Waals surface area contributed by atoms with Crippen molar-refractivity contribution in [3.63, 3.8) is 0 Å². The Balaban J connectivity index is 1.65. The molecule has 0 radical (unpaired) electrons. The molecule has 2 aliphatic rings. The van der Waals surface area contributed by atoms with Crippen LogP contribution in [0.4, 0.5) is 5.69 Å². The Morgan fingerprint density at radius 3 is 2.96 bits per heavy atom. The van der Waals surface area contributed by atoms with Crippen LogP contribution >= 0.6 is 0 Å². The number of rotatable bonds is 4. The number of aryl methyl sites for hydroxylation is 3. The van der Waals surface area contributed by atoms with Crippen molar-refractivity contribution < 1.29 is 4.74 Å². The Morgan fingerprint density at radius 2 is 2.20 bits per heavy atom. The summed E-state index contributed by atoms with van der Waals surface area (Å²) in [7, 11) is 1.95. The standard InChI is InChI=1S/C19H23N5O/c1-12-15(11-23(2)22-12)19-21-16-8-14(20-10-13-4-5-13)9-17-18(16)24(19)6-3-7-25-17/h8-9,11,13,20H,3-7,10H2,1-2H3. The molecule has 1 fully saturated rings. The molecule has 2 aromatic heterocycles. The molecule has 1 saturated carbocycles. The summed E-state index contributed by atoms with van der Waals surface area (Å²) in [6.07, 6.45) is 5.73. The van der Waals surface area contributed by atoms with Crippen molar-refractivity contribution in [1.29, 1.82) is 0 Å². The highest BCUT2D eigenvalue weighted by Crippen LogP contribution is 2.37. The molecule has 3 heterocycles. The van der Waals surface area contributed by atoms with Crippen LogP contribution in [-0.4, -0.2) is 32.5 Å². The van der Waals surface area contributed by atoms with Gasteiger partial charge in [0, 0.05) is 38.1 Å². The summed E-state index contributed by atoms with van der Waals surface area (Å²) >= 11 is 0. The smallest absolute Gasteiger partial charge is 0.147 e. The average molecular weight is 337 g/mol. The Morgan fingerprint density at radius 1 is 1.32 bits per heavy atom. The number of aromatic nitrogens is 4. The van der Waals surface area contributed by atoms with E-state index in [2.05, 4.69) is 33.3 Å². The number of hydrogen-bond acceptors (Lipinski definition) is 4. The Bertz CT molecular complexity index is 951. The van der Waals surface area contributed by atoms with Gasteiger partial charge in [0.25, 0.3) is 0 Å².